The van der Waals surface area contributed by atoms with Gasteiger partial charge in [0.1, 0.15) is 6.33 Å². The van der Waals surface area contributed by atoms with Crippen molar-refractivity contribution >= 4 is 5.91 Å². The molecular weight excluding hydrogens is 302 g/mol. The molecule has 1 aromatic carbocycles. The van der Waals surface area contributed by atoms with E-state index in [9.17, 15) is 4.79 Å². The van der Waals surface area contributed by atoms with Gasteiger partial charge in [-0.3, -0.25) is 4.79 Å². The van der Waals surface area contributed by atoms with E-state index in [-0.39, 0.29) is 11.3 Å². The summed E-state index contributed by atoms with van der Waals surface area (Å²) in [6.07, 6.45) is 7.96. The molecule has 128 valence electrons. The van der Waals surface area contributed by atoms with Crippen LogP contribution in [0.5, 0.6) is 0 Å². The number of benzene rings is 1. The van der Waals surface area contributed by atoms with Crippen molar-refractivity contribution in [1.29, 1.82) is 0 Å². The maximum atomic E-state index is 12.8. The van der Waals surface area contributed by atoms with Gasteiger partial charge < -0.3 is 4.90 Å². The lowest BCUT2D eigenvalue weighted by Crippen LogP contribution is -2.37. The molecular formula is C18H25N5O. The zero-order valence-electron chi connectivity index (χ0n) is 14.3. The Hall–Kier alpha value is -2.24. The molecule has 0 bridgehead atoms. The van der Waals surface area contributed by atoms with E-state index in [4.69, 9.17) is 0 Å². The van der Waals surface area contributed by atoms with Gasteiger partial charge in [0, 0.05) is 20.0 Å². The summed E-state index contributed by atoms with van der Waals surface area (Å²) >= 11 is 0. The molecule has 2 aromatic rings. The van der Waals surface area contributed by atoms with Crippen molar-refractivity contribution in [3.63, 3.8) is 0 Å². The first kappa shape index (κ1) is 16.6. The van der Waals surface area contributed by atoms with Crippen LogP contribution in [0.2, 0.25) is 0 Å². The van der Waals surface area contributed by atoms with Crippen LogP contribution in [0.4, 0.5) is 0 Å². The third-order valence-electron chi connectivity index (χ3n) is 5.02. The van der Waals surface area contributed by atoms with E-state index in [0.717, 1.165) is 24.9 Å². The van der Waals surface area contributed by atoms with Gasteiger partial charge in [0.2, 0.25) is 5.91 Å². The summed E-state index contributed by atoms with van der Waals surface area (Å²) in [4.78, 5) is 14.7. The average Bonchev–Trinajstić information content (AvgIpc) is 3.09. The van der Waals surface area contributed by atoms with E-state index < -0.39 is 0 Å². The fourth-order valence-corrected chi connectivity index (χ4v) is 3.69. The molecule has 0 spiro atoms. The molecule has 1 heterocycles. The fourth-order valence-electron chi connectivity index (χ4n) is 3.69. The number of nitrogens with zero attached hydrogens (tertiary/aromatic N) is 5. The van der Waals surface area contributed by atoms with Crippen LogP contribution in [-0.4, -0.2) is 38.1 Å². The van der Waals surface area contributed by atoms with Crippen molar-refractivity contribution in [3.05, 3.63) is 42.2 Å². The SMILES string of the molecule is CN(Cc1ccccc1)C(=O)CC1(Cn2cnnn2)CCCCC1. The summed E-state index contributed by atoms with van der Waals surface area (Å²) in [6, 6.07) is 10.1. The molecule has 0 atom stereocenters. The Morgan fingerprint density at radius 3 is 2.62 bits per heavy atom. The van der Waals surface area contributed by atoms with Crippen LogP contribution in [0.15, 0.2) is 36.7 Å². The van der Waals surface area contributed by atoms with Gasteiger partial charge in [-0.2, -0.15) is 0 Å². The molecule has 0 N–H and O–H groups in total. The molecule has 1 fully saturated rings. The largest absolute Gasteiger partial charge is 0.341 e. The van der Waals surface area contributed by atoms with Gasteiger partial charge in [-0.25, -0.2) is 4.68 Å². The van der Waals surface area contributed by atoms with Crippen molar-refractivity contribution in [2.24, 2.45) is 5.41 Å². The minimum Gasteiger partial charge on any atom is -0.341 e. The van der Waals surface area contributed by atoms with Crippen LogP contribution in [0.3, 0.4) is 0 Å². The van der Waals surface area contributed by atoms with E-state index in [2.05, 4.69) is 27.7 Å². The van der Waals surface area contributed by atoms with E-state index in [1.54, 1.807) is 11.0 Å². The third kappa shape index (κ3) is 4.19. The van der Waals surface area contributed by atoms with Crippen molar-refractivity contribution < 1.29 is 4.79 Å². The summed E-state index contributed by atoms with van der Waals surface area (Å²) in [5.74, 6) is 0.203. The van der Waals surface area contributed by atoms with Crippen LogP contribution in [0.1, 0.15) is 44.1 Å². The lowest BCUT2D eigenvalue weighted by molar-refractivity contribution is -0.134. The van der Waals surface area contributed by atoms with Gasteiger partial charge in [-0.1, -0.05) is 49.6 Å². The second-order valence-electron chi connectivity index (χ2n) is 6.98. The van der Waals surface area contributed by atoms with Crippen molar-refractivity contribution in [3.8, 4) is 0 Å². The first-order valence-electron chi connectivity index (χ1n) is 8.66. The number of rotatable bonds is 6. The van der Waals surface area contributed by atoms with Gasteiger partial charge in [-0.15, -0.1) is 5.10 Å². The number of carbonyl (C=O) groups is 1. The number of carbonyl (C=O) groups excluding carboxylic acids is 1. The second kappa shape index (κ2) is 7.55. The first-order valence-corrected chi connectivity index (χ1v) is 8.66. The normalized spacial score (nSPS) is 16.7. The van der Waals surface area contributed by atoms with Crippen LogP contribution in [0, 0.1) is 5.41 Å². The number of hydrogen-bond acceptors (Lipinski definition) is 4. The molecule has 0 aliphatic heterocycles. The van der Waals surface area contributed by atoms with E-state index in [1.807, 2.05) is 30.1 Å². The molecule has 0 radical (unpaired) electrons. The number of hydrogen-bond donors (Lipinski definition) is 0. The smallest absolute Gasteiger partial charge is 0.223 e. The fraction of sp³-hybridized carbons (Fsp3) is 0.556. The zero-order valence-corrected chi connectivity index (χ0v) is 14.3. The Bertz CT molecular complexity index is 635. The van der Waals surface area contributed by atoms with E-state index in [0.29, 0.717) is 13.0 Å². The van der Waals surface area contributed by atoms with E-state index >= 15 is 0 Å². The number of aromatic nitrogens is 4. The maximum absolute atomic E-state index is 12.8. The Morgan fingerprint density at radius 1 is 1.21 bits per heavy atom. The predicted octanol–water partition coefficient (Wildman–Crippen LogP) is 2.67. The number of amides is 1. The lowest BCUT2D eigenvalue weighted by Gasteiger charge is -2.37. The number of tetrazole rings is 1. The van der Waals surface area contributed by atoms with Gasteiger partial charge in [0.15, 0.2) is 0 Å². The lowest BCUT2D eigenvalue weighted by atomic mass is 9.71. The molecule has 0 saturated heterocycles. The first-order chi connectivity index (χ1) is 11.7. The minimum absolute atomic E-state index is 0.0182. The predicted molar refractivity (Wildman–Crippen MR) is 90.9 cm³/mol. The van der Waals surface area contributed by atoms with Gasteiger partial charge >= 0.3 is 0 Å². The Balaban J connectivity index is 1.66. The molecule has 1 aliphatic rings. The minimum atomic E-state index is -0.0182. The topological polar surface area (TPSA) is 63.9 Å². The quantitative estimate of drug-likeness (QED) is 0.818. The Kier molecular flexibility index (Phi) is 5.23. The van der Waals surface area contributed by atoms with Crippen molar-refractivity contribution in [2.45, 2.75) is 51.6 Å². The summed E-state index contributed by atoms with van der Waals surface area (Å²) in [5, 5.41) is 11.5. The standard InChI is InChI=1S/C18H25N5O/c1-22(13-16-8-4-2-5-9-16)17(24)12-18(10-6-3-7-11-18)14-23-15-19-20-21-23/h2,4-5,8-9,15H,3,6-7,10-14H2,1H3. The van der Waals surface area contributed by atoms with Crippen LogP contribution >= 0.6 is 0 Å². The Labute approximate surface area is 142 Å². The highest BCUT2D eigenvalue weighted by atomic mass is 16.2. The molecule has 6 heteroatoms. The van der Waals surface area contributed by atoms with Crippen LogP contribution in [-0.2, 0) is 17.9 Å². The van der Waals surface area contributed by atoms with Crippen LogP contribution in [0.25, 0.3) is 0 Å². The van der Waals surface area contributed by atoms with Gasteiger partial charge in [0.25, 0.3) is 0 Å². The molecule has 1 saturated carbocycles. The highest BCUT2D eigenvalue weighted by Gasteiger charge is 2.36. The summed E-state index contributed by atoms with van der Waals surface area (Å²) in [5.41, 5.74) is 1.14. The average molecular weight is 327 g/mol. The molecule has 0 unspecified atom stereocenters. The second-order valence-corrected chi connectivity index (χ2v) is 6.98. The van der Waals surface area contributed by atoms with Gasteiger partial charge in [-0.05, 0) is 34.2 Å². The molecule has 1 aliphatic carbocycles. The third-order valence-corrected chi connectivity index (χ3v) is 5.02. The highest BCUT2D eigenvalue weighted by Crippen LogP contribution is 2.41. The van der Waals surface area contributed by atoms with Crippen molar-refractivity contribution in [2.75, 3.05) is 7.05 Å². The highest BCUT2D eigenvalue weighted by molar-refractivity contribution is 5.76. The summed E-state index contributed by atoms with van der Waals surface area (Å²) in [7, 11) is 1.89. The van der Waals surface area contributed by atoms with Crippen LogP contribution < -0.4 is 0 Å². The monoisotopic (exact) mass is 327 g/mol. The van der Waals surface area contributed by atoms with Gasteiger partial charge in [0.05, 0.1) is 6.54 Å². The van der Waals surface area contributed by atoms with E-state index in [1.165, 1.54) is 19.3 Å². The van der Waals surface area contributed by atoms with Crippen molar-refractivity contribution in [1.82, 2.24) is 25.1 Å². The Morgan fingerprint density at radius 2 is 1.96 bits per heavy atom. The molecule has 6 nitrogen and oxygen atoms in total. The summed E-state index contributed by atoms with van der Waals surface area (Å²) in [6.45, 7) is 1.38. The molecule has 24 heavy (non-hydrogen) atoms. The maximum Gasteiger partial charge on any atom is 0.223 e. The molecule has 1 aromatic heterocycles. The molecule has 1 amide bonds. The zero-order chi connectivity index (χ0) is 16.8. The molecule has 3 rings (SSSR count). The summed E-state index contributed by atoms with van der Waals surface area (Å²) < 4.78 is 1.77.